The Kier molecular flexibility index (Phi) is 9.76. The highest BCUT2D eigenvalue weighted by Gasteiger charge is 2.34. The van der Waals surface area contributed by atoms with Crippen LogP contribution in [0.25, 0.3) is 17.2 Å². The van der Waals surface area contributed by atoms with E-state index in [-0.39, 0.29) is 17.6 Å². The molecule has 0 heterocycles. The Morgan fingerprint density at radius 2 is 1.66 bits per heavy atom. The lowest BCUT2D eigenvalue weighted by atomic mass is 9.88. The van der Waals surface area contributed by atoms with Crippen molar-refractivity contribution in [3.63, 3.8) is 0 Å². The third kappa shape index (κ3) is 6.07. The van der Waals surface area contributed by atoms with Crippen LogP contribution in [-0.2, 0) is 4.79 Å². The van der Waals surface area contributed by atoms with Crippen LogP contribution < -0.4 is 0 Å². The highest BCUT2D eigenvalue weighted by molar-refractivity contribution is 7.98. The number of fused-ring (bicyclic) bond motifs is 1. The minimum absolute atomic E-state index is 0.136. The molecule has 1 amide bonds. The summed E-state index contributed by atoms with van der Waals surface area (Å²) in [6, 6.07) is 13.4. The molecule has 0 bridgehead atoms. The summed E-state index contributed by atoms with van der Waals surface area (Å²) >= 11 is 1.72. The normalized spacial score (nSPS) is 15.1. The van der Waals surface area contributed by atoms with Gasteiger partial charge in [0.15, 0.2) is 0 Å². The number of hydrogen-bond donors (Lipinski definition) is 0. The fraction of sp³-hybridized carbons (Fsp3) is 0.433. The van der Waals surface area contributed by atoms with Crippen molar-refractivity contribution in [2.45, 2.75) is 45.9 Å². The van der Waals surface area contributed by atoms with E-state index >= 15 is 0 Å². The van der Waals surface area contributed by atoms with E-state index in [1.807, 2.05) is 17.9 Å². The molecule has 3 rings (SSSR count). The summed E-state index contributed by atoms with van der Waals surface area (Å²) in [5.41, 5.74) is 6.08. The van der Waals surface area contributed by atoms with E-state index in [1.165, 1.54) is 11.0 Å². The lowest BCUT2D eigenvalue weighted by Crippen LogP contribution is -2.41. The number of carbonyl (C=O) groups is 1. The largest absolute Gasteiger partial charge is 0.341 e. The van der Waals surface area contributed by atoms with Crippen LogP contribution in [0.5, 0.6) is 0 Å². The van der Waals surface area contributed by atoms with Crippen LogP contribution in [0.3, 0.4) is 0 Å². The van der Waals surface area contributed by atoms with Crippen molar-refractivity contribution in [1.29, 1.82) is 0 Å². The third-order valence-corrected chi connectivity index (χ3v) is 7.87. The summed E-state index contributed by atoms with van der Waals surface area (Å²) in [5, 5.41) is 0. The molecule has 5 heteroatoms. The smallest absolute Gasteiger partial charge is 0.230 e. The molecule has 0 N–H and O–H groups in total. The van der Waals surface area contributed by atoms with E-state index < -0.39 is 0 Å². The minimum Gasteiger partial charge on any atom is -0.341 e. The van der Waals surface area contributed by atoms with Gasteiger partial charge in [-0.3, -0.25) is 4.79 Å². The van der Waals surface area contributed by atoms with Crippen molar-refractivity contribution in [2.75, 3.05) is 39.0 Å². The molecule has 0 radical (unpaired) electrons. The molecule has 0 spiro atoms. The van der Waals surface area contributed by atoms with Crippen LogP contribution in [0.1, 0.15) is 57.7 Å². The number of hydrogen-bond acceptors (Lipinski definition) is 3. The maximum absolute atomic E-state index is 14.4. The van der Waals surface area contributed by atoms with E-state index in [1.54, 1.807) is 17.8 Å². The summed E-state index contributed by atoms with van der Waals surface area (Å²) in [6.45, 7) is 14.7. The number of nitrogens with zero attached hydrogens (tertiary/aromatic N) is 2. The van der Waals surface area contributed by atoms with E-state index in [9.17, 15) is 9.18 Å². The zero-order valence-electron chi connectivity index (χ0n) is 22.0. The summed E-state index contributed by atoms with van der Waals surface area (Å²) in [6.07, 6.45) is 4.91. The number of allylic oxidation sites excluding steroid dienone is 2. The number of carbonyl (C=O) groups excluding carboxylic acids is 1. The first-order chi connectivity index (χ1) is 16.9. The Morgan fingerprint density at radius 1 is 0.971 bits per heavy atom. The lowest BCUT2D eigenvalue weighted by molar-refractivity contribution is -0.133. The first-order valence-electron chi connectivity index (χ1n) is 12.8. The molecule has 0 saturated carbocycles. The molecule has 35 heavy (non-hydrogen) atoms. The Morgan fingerprint density at radius 3 is 2.23 bits per heavy atom. The Bertz CT molecular complexity index is 1090. The summed E-state index contributed by atoms with van der Waals surface area (Å²) in [4.78, 5) is 19.3. The highest BCUT2D eigenvalue weighted by atomic mass is 32.2. The summed E-state index contributed by atoms with van der Waals surface area (Å²) in [5.74, 6) is -0.426. The van der Waals surface area contributed by atoms with E-state index in [0.717, 1.165) is 53.0 Å². The van der Waals surface area contributed by atoms with Crippen LogP contribution in [0.4, 0.5) is 4.39 Å². The average Bonchev–Trinajstić information content (AvgIpc) is 3.13. The van der Waals surface area contributed by atoms with Gasteiger partial charge in [-0.15, -0.1) is 11.8 Å². The maximum Gasteiger partial charge on any atom is 0.230 e. The van der Waals surface area contributed by atoms with Gasteiger partial charge >= 0.3 is 0 Å². The second-order valence-corrected chi connectivity index (χ2v) is 9.85. The van der Waals surface area contributed by atoms with Gasteiger partial charge in [0.25, 0.3) is 0 Å². The van der Waals surface area contributed by atoms with Crippen molar-refractivity contribution in [1.82, 2.24) is 9.80 Å². The first-order valence-corrected chi connectivity index (χ1v) is 14.0. The number of thioether (sulfide) groups is 1. The quantitative estimate of drug-likeness (QED) is 0.312. The molecule has 2 aromatic rings. The van der Waals surface area contributed by atoms with Gasteiger partial charge in [0.05, 0.1) is 5.92 Å². The Labute approximate surface area is 215 Å². The molecule has 0 fully saturated rings. The van der Waals surface area contributed by atoms with Gasteiger partial charge < -0.3 is 9.80 Å². The van der Waals surface area contributed by atoms with Crippen LogP contribution in [-0.4, -0.2) is 54.7 Å². The zero-order chi connectivity index (χ0) is 25.5. The van der Waals surface area contributed by atoms with Crippen molar-refractivity contribution in [3.05, 3.63) is 70.5 Å². The van der Waals surface area contributed by atoms with Gasteiger partial charge in [-0.05, 0) is 103 Å². The summed E-state index contributed by atoms with van der Waals surface area (Å²) < 4.78 is 14.4. The van der Waals surface area contributed by atoms with Crippen LogP contribution >= 0.6 is 11.8 Å². The molecule has 1 atom stereocenters. The second-order valence-electron chi connectivity index (χ2n) is 8.97. The number of likely N-dealkylation sites (N-methyl/N-ethyl adjacent to an activating group) is 2. The number of amides is 1. The molecule has 188 valence electrons. The number of halogens is 1. The van der Waals surface area contributed by atoms with Gasteiger partial charge in [-0.2, -0.15) is 0 Å². The van der Waals surface area contributed by atoms with E-state index in [4.69, 9.17) is 0 Å². The van der Waals surface area contributed by atoms with Crippen LogP contribution in [0, 0.1) is 11.7 Å². The van der Waals surface area contributed by atoms with E-state index in [0.29, 0.717) is 19.5 Å². The fourth-order valence-corrected chi connectivity index (χ4v) is 5.38. The van der Waals surface area contributed by atoms with E-state index in [2.05, 4.69) is 69.2 Å². The zero-order valence-corrected chi connectivity index (χ0v) is 22.8. The predicted octanol–water partition coefficient (Wildman–Crippen LogP) is 7.09. The molecule has 3 nitrogen and oxygen atoms in total. The molecular formula is C30H39FN2OS. The molecule has 0 saturated heterocycles. The molecule has 0 aromatic heterocycles. The number of rotatable bonds is 11. The maximum atomic E-state index is 14.4. The van der Waals surface area contributed by atoms with Gasteiger partial charge in [0, 0.05) is 24.5 Å². The van der Waals surface area contributed by atoms with Crippen LogP contribution in [0.2, 0.25) is 0 Å². The Hall–Kier alpha value is -2.37. The van der Waals surface area contributed by atoms with Crippen molar-refractivity contribution >= 4 is 34.9 Å². The Balaban J connectivity index is 2.01. The molecule has 1 unspecified atom stereocenters. The average molecular weight is 495 g/mol. The SMILES string of the molecule is CCC(C(=O)N(CC)CCN(CC)CC)C1=C(C)/C(=C/c2ccc(SC)cc2)c2ccc(F)cc21. The topological polar surface area (TPSA) is 23.6 Å². The minimum atomic E-state index is -0.294. The third-order valence-electron chi connectivity index (χ3n) is 7.13. The molecule has 1 aliphatic rings. The fourth-order valence-electron chi connectivity index (χ4n) is 4.97. The van der Waals surface area contributed by atoms with Gasteiger partial charge in [-0.1, -0.05) is 39.0 Å². The number of benzene rings is 2. The van der Waals surface area contributed by atoms with Crippen molar-refractivity contribution < 1.29 is 9.18 Å². The van der Waals surface area contributed by atoms with Gasteiger partial charge in [-0.25, -0.2) is 4.39 Å². The summed E-state index contributed by atoms with van der Waals surface area (Å²) in [7, 11) is 0. The molecular weight excluding hydrogens is 455 g/mol. The predicted molar refractivity (Wildman–Crippen MR) is 149 cm³/mol. The lowest BCUT2D eigenvalue weighted by Gasteiger charge is -2.29. The monoisotopic (exact) mass is 494 g/mol. The van der Waals surface area contributed by atoms with Crippen molar-refractivity contribution in [3.8, 4) is 0 Å². The highest BCUT2D eigenvalue weighted by Crippen LogP contribution is 2.46. The molecule has 2 aromatic carbocycles. The molecule has 1 aliphatic carbocycles. The first kappa shape index (κ1) is 27.2. The van der Waals surface area contributed by atoms with Crippen LogP contribution in [0.15, 0.2) is 52.9 Å². The van der Waals surface area contributed by atoms with Crippen molar-refractivity contribution in [2.24, 2.45) is 5.92 Å². The van der Waals surface area contributed by atoms with Gasteiger partial charge in [0.2, 0.25) is 5.91 Å². The second kappa shape index (κ2) is 12.5. The van der Waals surface area contributed by atoms with Gasteiger partial charge in [0.1, 0.15) is 5.82 Å². The standard InChI is InChI=1S/C30H39FN2OS/c1-7-25(30(34)33(10-4)18-17-32(8-2)9-3)29-21(5)27(26-16-13-23(31)20-28(26)29)19-22-11-14-24(35-6)15-12-22/h11-16,19-20,25H,7-10,17-18H2,1-6H3/b27-19-. The molecule has 0 aliphatic heterocycles.